The minimum absolute atomic E-state index is 0.0942. The van der Waals surface area contributed by atoms with Crippen molar-refractivity contribution in [3.8, 4) is 6.07 Å². The van der Waals surface area contributed by atoms with Gasteiger partial charge >= 0.3 is 6.09 Å². The van der Waals surface area contributed by atoms with Crippen molar-refractivity contribution >= 4 is 23.5 Å². The molecule has 1 saturated heterocycles. The summed E-state index contributed by atoms with van der Waals surface area (Å²) in [6.45, 7) is 4.21. The average Bonchev–Trinajstić information content (AvgIpc) is 3.12. The van der Waals surface area contributed by atoms with E-state index in [4.69, 9.17) is 5.73 Å². The van der Waals surface area contributed by atoms with Crippen LogP contribution >= 0.6 is 0 Å². The largest absolute Gasteiger partial charge is 0.465 e. The summed E-state index contributed by atoms with van der Waals surface area (Å²) in [5.41, 5.74) is 6.13. The van der Waals surface area contributed by atoms with Crippen molar-refractivity contribution in [3.63, 3.8) is 0 Å². The molecule has 2 aromatic rings. The number of nitrogens with zero attached hydrogens (tertiary/aromatic N) is 4. The molecule has 1 aliphatic rings. The van der Waals surface area contributed by atoms with Gasteiger partial charge in [-0.25, -0.2) is 9.18 Å². The van der Waals surface area contributed by atoms with E-state index in [2.05, 4.69) is 16.5 Å². The Morgan fingerprint density at radius 1 is 1.39 bits per heavy atom. The minimum Gasteiger partial charge on any atom is -0.465 e. The first kappa shape index (κ1) is 22.1. The number of piperidine rings is 1. The van der Waals surface area contributed by atoms with Gasteiger partial charge in [-0.1, -0.05) is 13.8 Å². The van der Waals surface area contributed by atoms with Crippen LogP contribution in [-0.2, 0) is 0 Å². The lowest BCUT2D eigenvalue weighted by atomic mass is 9.83. The number of carboxylic acid groups (broad SMARTS) is 1. The van der Waals surface area contributed by atoms with E-state index in [1.807, 2.05) is 13.8 Å². The number of benzene rings is 1. The van der Waals surface area contributed by atoms with E-state index in [0.717, 1.165) is 0 Å². The Bertz CT molecular complexity index is 998. The number of carbonyl (C=O) groups is 2. The lowest BCUT2D eigenvalue weighted by Crippen LogP contribution is -2.52. The maximum Gasteiger partial charge on any atom is 0.407 e. The first-order valence-corrected chi connectivity index (χ1v) is 10.0. The van der Waals surface area contributed by atoms with Crippen molar-refractivity contribution < 1.29 is 19.1 Å². The Hall–Kier alpha value is -3.61. The van der Waals surface area contributed by atoms with Gasteiger partial charge in [-0.3, -0.25) is 9.48 Å². The fraction of sp³-hybridized carbons (Fsp3) is 0.429. The summed E-state index contributed by atoms with van der Waals surface area (Å²) in [7, 11) is 0. The Morgan fingerprint density at radius 3 is 2.61 bits per heavy atom. The van der Waals surface area contributed by atoms with E-state index in [1.165, 1.54) is 40.0 Å². The highest BCUT2D eigenvalue weighted by Gasteiger charge is 2.42. The van der Waals surface area contributed by atoms with Crippen LogP contribution in [-0.4, -0.2) is 44.4 Å². The first-order chi connectivity index (χ1) is 14.7. The van der Waals surface area contributed by atoms with Gasteiger partial charge < -0.3 is 21.1 Å². The van der Waals surface area contributed by atoms with E-state index in [9.17, 15) is 24.3 Å². The molecular weight excluding hydrogens is 403 g/mol. The van der Waals surface area contributed by atoms with Crippen LogP contribution in [0.3, 0.4) is 0 Å². The van der Waals surface area contributed by atoms with E-state index >= 15 is 0 Å². The second-order valence-electron chi connectivity index (χ2n) is 8.06. The molecule has 0 aliphatic carbocycles. The number of nitriles is 1. The number of hydrogen-bond donors (Lipinski definition) is 3. The van der Waals surface area contributed by atoms with Crippen molar-refractivity contribution in [3.05, 3.63) is 41.8 Å². The van der Waals surface area contributed by atoms with Gasteiger partial charge in [-0.05, 0) is 43.0 Å². The summed E-state index contributed by atoms with van der Waals surface area (Å²) < 4.78 is 14.7. The second-order valence-corrected chi connectivity index (χ2v) is 8.06. The standard InChI is InChI=1S/C21H25FN6O3/c1-12(2)9-17-18(13(10-23)7-8-27(17)21(30)31)28-11-16(19(24)29)20(26-28)25-15-5-3-14(22)4-6-15/h3-6,11-13,17-18H,7-9H2,1-2H3,(H2,24,29)(H,25,26)(H,30,31)/t13-,17?,18-/m0/s1. The number of nitrogens with one attached hydrogen (secondary N) is 1. The number of primary amides is 1. The number of hydrogen-bond acceptors (Lipinski definition) is 5. The van der Waals surface area contributed by atoms with Gasteiger partial charge in [0.2, 0.25) is 0 Å². The van der Waals surface area contributed by atoms with Crippen LogP contribution < -0.4 is 11.1 Å². The fourth-order valence-electron chi connectivity index (χ4n) is 4.04. The zero-order chi connectivity index (χ0) is 22.7. The third-order valence-electron chi connectivity index (χ3n) is 5.42. The molecule has 164 valence electrons. The summed E-state index contributed by atoms with van der Waals surface area (Å²) in [6.07, 6.45) is 1.27. The first-order valence-electron chi connectivity index (χ1n) is 10.0. The molecule has 1 fully saturated rings. The van der Waals surface area contributed by atoms with Crippen LogP contribution in [0, 0.1) is 29.0 Å². The summed E-state index contributed by atoms with van der Waals surface area (Å²) in [6, 6.07) is 6.71. The van der Waals surface area contributed by atoms with E-state index in [-0.39, 0.29) is 23.8 Å². The smallest absolute Gasteiger partial charge is 0.407 e. The molecule has 0 saturated carbocycles. The second kappa shape index (κ2) is 9.04. The van der Waals surface area contributed by atoms with Crippen molar-refractivity contribution in [1.29, 1.82) is 5.26 Å². The average molecular weight is 428 g/mol. The zero-order valence-corrected chi connectivity index (χ0v) is 17.3. The molecule has 2 amide bonds. The minimum atomic E-state index is -1.06. The Balaban J connectivity index is 2.04. The van der Waals surface area contributed by atoms with Crippen molar-refractivity contribution in [2.24, 2.45) is 17.6 Å². The number of halogens is 1. The number of amides is 2. The van der Waals surface area contributed by atoms with Crippen LogP contribution in [0.2, 0.25) is 0 Å². The van der Waals surface area contributed by atoms with Crippen molar-refractivity contribution in [1.82, 2.24) is 14.7 Å². The number of likely N-dealkylation sites (tertiary alicyclic amines) is 1. The van der Waals surface area contributed by atoms with E-state index in [1.54, 1.807) is 0 Å². The van der Waals surface area contributed by atoms with Crippen molar-refractivity contribution in [2.75, 3.05) is 11.9 Å². The molecule has 1 aromatic carbocycles. The monoisotopic (exact) mass is 428 g/mol. The summed E-state index contributed by atoms with van der Waals surface area (Å²) in [5.74, 6) is -1.29. The predicted molar refractivity (Wildman–Crippen MR) is 111 cm³/mol. The summed E-state index contributed by atoms with van der Waals surface area (Å²) in [5, 5.41) is 26.9. The SMILES string of the molecule is CC(C)CC1[C@@H](n2cc(C(N)=O)c(Nc3ccc(F)cc3)n2)[C@H](C#N)CCN1C(=O)O. The number of anilines is 2. The highest BCUT2D eigenvalue weighted by atomic mass is 19.1. The topological polar surface area (TPSA) is 137 Å². The van der Waals surface area contributed by atoms with Crippen LogP contribution in [0.1, 0.15) is 43.1 Å². The fourth-order valence-corrected chi connectivity index (χ4v) is 4.04. The van der Waals surface area contributed by atoms with Gasteiger partial charge in [0, 0.05) is 18.4 Å². The molecule has 10 heteroatoms. The molecule has 1 aliphatic heterocycles. The molecule has 2 heterocycles. The maximum atomic E-state index is 13.2. The van der Waals surface area contributed by atoms with Crippen LogP contribution in [0.4, 0.5) is 20.7 Å². The molecule has 0 radical (unpaired) electrons. The highest BCUT2D eigenvalue weighted by molar-refractivity contribution is 5.98. The van der Waals surface area contributed by atoms with Crippen LogP contribution in [0.25, 0.3) is 0 Å². The molecule has 4 N–H and O–H groups in total. The van der Waals surface area contributed by atoms with Crippen LogP contribution in [0.15, 0.2) is 30.5 Å². The molecule has 1 aromatic heterocycles. The number of rotatable bonds is 6. The molecule has 1 unspecified atom stereocenters. The summed E-state index contributed by atoms with van der Waals surface area (Å²) in [4.78, 5) is 25.3. The Morgan fingerprint density at radius 2 is 2.06 bits per heavy atom. The molecule has 31 heavy (non-hydrogen) atoms. The normalized spacial score (nSPS) is 21.0. The van der Waals surface area contributed by atoms with Gasteiger partial charge in [0.25, 0.3) is 5.91 Å². The van der Waals surface area contributed by atoms with E-state index in [0.29, 0.717) is 18.5 Å². The molecule has 0 spiro atoms. The number of aromatic nitrogens is 2. The Kier molecular flexibility index (Phi) is 6.44. The summed E-state index contributed by atoms with van der Waals surface area (Å²) >= 11 is 0. The molecule has 0 bridgehead atoms. The third kappa shape index (κ3) is 4.77. The third-order valence-corrected chi connectivity index (χ3v) is 5.42. The molecule has 3 rings (SSSR count). The quantitative estimate of drug-likeness (QED) is 0.645. The highest BCUT2D eigenvalue weighted by Crippen LogP contribution is 2.37. The van der Waals surface area contributed by atoms with E-state index < -0.39 is 35.8 Å². The molecule has 9 nitrogen and oxygen atoms in total. The van der Waals surface area contributed by atoms with Gasteiger partial charge in [0.05, 0.1) is 24.1 Å². The number of carbonyl (C=O) groups excluding carboxylic acids is 1. The molecule has 3 atom stereocenters. The lowest BCUT2D eigenvalue weighted by molar-refractivity contribution is 0.0520. The van der Waals surface area contributed by atoms with Gasteiger partial charge in [-0.2, -0.15) is 10.4 Å². The Labute approximate surface area is 179 Å². The van der Waals surface area contributed by atoms with Gasteiger partial charge in [-0.15, -0.1) is 0 Å². The van der Waals surface area contributed by atoms with Gasteiger partial charge in [0.15, 0.2) is 5.82 Å². The van der Waals surface area contributed by atoms with Crippen LogP contribution in [0.5, 0.6) is 0 Å². The molecular formula is C21H25FN6O3. The zero-order valence-electron chi connectivity index (χ0n) is 17.3. The maximum absolute atomic E-state index is 13.2. The number of nitrogens with two attached hydrogens (primary N) is 1. The van der Waals surface area contributed by atoms with Crippen molar-refractivity contribution in [2.45, 2.75) is 38.8 Å². The lowest BCUT2D eigenvalue weighted by Gasteiger charge is -2.42. The predicted octanol–water partition coefficient (Wildman–Crippen LogP) is 3.34. The van der Waals surface area contributed by atoms with Gasteiger partial charge in [0.1, 0.15) is 11.4 Å².